The third kappa shape index (κ3) is 3.18. The molecule has 1 atom stereocenters. The molecule has 4 nitrogen and oxygen atoms in total. The second-order valence-electron chi connectivity index (χ2n) is 5.62. The van der Waals surface area contributed by atoms with Crippen molar-refractivity contribution >= 4 is 5.91 Å². The smallest absolute Gasteiger partial charge is 0.261 e. The molecule has 0 spiro atoms. The van der Waals surface area contributed by atoms with E-state index in [1.165, 1.54) is 6.07 Å². The van der Waals surface area contributed by atoms with Gasteiger partial charge < -0.3 is 15.2 Å². The molecule has 0 bridgehead atoms. The first kappa shape index (κ1) is 15.8. The number of para-hydroxylation sites is 1. The normalized spacial score (nSPS) is 17.2. The third-order valence-corrected chi connectivity index (χ3v) is 4.48. The van der Waals surface area contributed by atoms with Crippen LogP contribution in [-0.4, -0.2) is 30.3 Å². The fourth-order valence-electron chi connectivity index (χ4n) is 2.54. The van der Waals surface area contributed by atoms with Crippen LogP contribution in [0.15, 0.2) is 18.2 Å². The van der Waals surface area contributed by atoms with E-state index >= 15 is 0 Å². The zero-order valence-electron chi connectivity index (χ0n) is 12.5. The van der Waals surface area contributed by atoms with Crippen molar-refractivity contribution in [3.63, 3.8) is 0 Å². The van der Waals surface area contributed by atoms with Crippen LogP contribution in [0.2, 0.25) is 0 Å². The summed E-state index contributed by atoms with van der Waals surface area (Å²) in [4.78, 5) is 12.2. The molecule has 1 aromatic carbocycles. The number of halogens is 1. The molecule has 21 heavy (non-hydrogen) atoms. The van der Waals surface area contributed by atoms with Gasteiger partial charge in [0.2, 0.25) is 0 Å². The molecule has 1 aliphatic heterocycles. The van der Waals surface area contributed by atoms with Gasteiger partial charge in [-0.15, -0.1) is 0 Å². The van der Waals surface area contributed by atoms with Crippen molar-refractivity contribution in [2.24, 2.45) is 5.41 Å². The van der Waals surface area contributed by atoms with Crippen LogP contribution in [0.25, 0.3) is 0 Å². The van der Waals surface area contributed by atoms with Crippen molar-refractivity contribution in [2.75, 3.05) is 13.2 Å². The van der Waals surface area contributed by atoms with Gasteiger partial charge in [-0.05, 0) is 18.9 Å². The molecule has 0 aromatic heterocycles. The lowest BCUT2D eigenvalue weighted by Gasteiger charge is -2.29. The van der Waals surface area contributed by atoms with Gasteiger partial charge in [-0.25, -0.2) is 4.39 Å². The van der Waals surface area contributed by atoms with Gasteiger partial charge in [-0.3, -0.25) is 4.79 Å². The summed E-state index contributed by atoms with van der Waals surface area (Å²) in [6.07, 6.45) is 1.24. The summed E-state index contributed by atoms with van der Waals surface area (Å²) in [5.74, 6) is -0.517. The number of carbonyl (C=O) groups is 1. The molecule has 2 rings (SSSR count). The van der Waals surface area contributed by atoms with E-state index in [0.717, 1.165) is 18.4 Å². The lowest BCUT2D eigenvalue weighted by Crippen LogP contribution is -2.44. The van der Waals surface area contributed by atoms with Crippen LogP contribution in [-0.2, 0) is 11.2 Å². The number of benzene rings is 1. The molecule has 0 radical (unpaired) electrons. The first-order valence-corrected chi connectivity index (χ1v) is 7.38. The number of hydrogen-bond donors (Lipinski definition) is 2. The molecule has 0 saturated heterocycles. The number of ether oxygens (including phenoxy) is 1. The van der Waals surface area contributed by atoms with Gasteiger partial charge in [0.1, 0.15) is 0 Å². The molecule has 1 aliphatic rings. The molecule has 1 heterocycles. The Morgan fingerprint density at radius 3 is 2.76 bits per heavy atom. The highest BCUT2D eigenvalue weighted by atomic mass is 19.1. The maximum absolute atomic E-state index is 13.6. The van der Waals surface area contributed by atoms with Crippen LogP contribution in [0.5, 0.6) is 5.75 Å². The lowest BCUT2D eigenvalue weighted by molar-refractivity contribution is -0.128. The van der Waals surface area contributed by atoms with Crippen LogP contribution in [0.3, 0.4) is 0 Å². The molecule has 1 aromatic rings. The van der Waals surface area contributed by atoms with Crippen molar-refractivity contribution in [1.29, 1.82) is 0 Å². The van der Waals surface area contributed by atoms with E-state index in [0.29, 0.717) is 13.0 Å². The summed E-state index contributed by atoms with van der Waals surface area (Å²) >= 11 is 0. The van der Waals surface area contributed by atoms with E-state index in [9.17, 15) is 14.3 Å². The summed E-state index contributed by atoms with van der Waals surface area (Å²) < 4.78 is 19.0. The van der Waals surface area contributed by atoms with Crippen molar-refractivity contribution in [2.45, 2.75) is 39.2 Å². The minimum atomic E-state index is -0.693. The van der Waals surface area contributed by atoms with Crippen molar-refractivity contribution < 1.29 is 19.0 Å². The molecular weight excluding hydrogens is 273 g/mol. The van der Waals surface area contributed by atoms with Crippen molar-refractivity contribution in [3.05, 3.63) is 29.6 Å². The fraction of sp³-hybridized carbons (Fsp3) is 0.562. The van der Waals surface area contributed by atoms with Crippen LogP contribution >= 0.6 is 0 Å². The topological polar surface area (TPSA) is 58.6 Å². The lowest BCUT2D eigenvalue weighted by atomic mass is 9.83. The van der Waals surface area contributed by atoms with E-state index in [2.05, 4.69) is 5.32 Å². The number of nitrogens with one attached hydrogen (secondary N) is 1. The highest BCUT2D eigenvalue weighted by Crippen LogP contribution is 2.31. The van der Waals surface area contributed by atoms with Crippen molar-refractivity contribution in [3.8, 4) is 5.75 Å². The first-order chi connectivity index (χ1) is 10.0. The Hall–Kier alpha value is -1.62. The van der Waals surface area contributed by atoms with Gasteiger partial charge in [0.05, 0.1) is 6.61 Å². The number of aliphatic hydroxyl groups excluding tert-OH is 1. The quantitative estimate of drug-likeness (QED) is 0.844. The van der Waals surface area contributed by atoms with Crippen LogP contribution in [0.4, 0.5) is 4.39 Å². The maximum Gasteiger partial charge on any atom is 0.261 e. The molecule has 1 amide bonds. The van der Waals surface area contributed by atoms with Gasteiger partial charge in [0.15, 0.2) is 17.7 Å². The van der Waals surface area contributed by atoms with Gasteiger partial charge >= 0.3 is 0 Å². The van der Waals surface area contributed by atoms with Gasteiger partial charge in [0.25, 0.3) is 5.91 Å². The summed E-state index contributed by atoms with van der Waals surface area (Å²) in [5.41, 5.74) is 0.418. The van der Waals surface area contributed by atoms with E-state index in [4.69, 9.17) is 4.74 Å². The standard InChI is InChI=1S/C16H22FNO3/c1-3-16(4-2,10-19)9-18-15(20)13-8-11-6-5-7-12(17)14(11)21-13/h5-7,13,19H,3-4,8-10H2,1-2H3,(H,18,20). The molecule has 116 valence electrons. The minimum absolute atomic E-state index is 0.0284. The average Bonchev–Trinajstić information content (AvgIpc) is 2.95. The number of carbonyl (C=O) groups excluding carboxylic acids is 1. The van der Waals surface area contributed by atoms with Crippen LogP contribution in [0, 0.1) is 11.2 Å². The fourth-order valence-corrected chi connectivity index (χ4v) is 2.54. The van der Waals surface area contributed by atoms with Crippen LogP contribution in [0.1, 0.15) is 32.3 Å². The molecule has 0 aliphatic carbocycles. The van der Waals surface area contributed by atoms with Crippen molar-refractivity contribution in [1.82, 2.24) is 5.32 Å². The predicted octanol–water partition coefficient (Wildman–Crippen LogP) is 2.04. The second kappa shape index (κ2) is 6.43. The SMILES string of the molecule is CCC(CC)(CO)CNC(=O)C1Cc2cccc(F)c2O1. The molecule has 0 saturated carbocycles. The number of hydrogen-bond acceptors (Lipinski definition) is 3. The van der Waals surface area contributed by atoms with E-state index in [1.54, 1.807) is 12.1 Å². The maximum atomic E-state index is 13.6. The molecule has 5 heteroatoms. The van der Waals surface area contributed by atoms with Crippen LogP contribution < -0.4 is 10.1 Å². The Labute approximate surface area is 124 Å². The van der Waals surface area contributed by atoms with E-state index in [-0.39, 0.29) is 23.7 Å². The summed E-state index contributed by atoms with van der Waals surface area (Å²) in [5, 5.41) is 12.3. The third-order valence-electron chi connectivity index (χ3n) is 4.48. The Kier molecular flexibility index (Phi) is 4.83. The zero-order chi connectivity index (χ0) is 15.5. The highest BCUT2D eigenvalue weighted by molar-refractivity contribution is 5.82. The van der Waals surface area contributed by atoms with E-state index < -0.39 is 11.9 Å². The molecular formula is C16H22FNO3. The number of fused-ring (bicyclic) bond motifs is 1. The number of rotatable bonds is 6. The summed E-state index contributed by atoms with van der Waals surface area (Å²) in [6, 6.07) is 4.70. The molecule has 0 fully saturated rings. The summed E-state index contributed by atoms with van der Waals surface area (Å²) in [6.45, 7) is 4.40. The monoisotopic (exact) mass is 295 g/mol. The molecule has 1 unspecified atom stereocenters. The highest BCUT2D eigenvalue weighted by Gasteiger charge is 2.33. The Balaban J connectivity index is 1.96. The Morgan fingerprint density at radius 2 is 2.19 bits per heavy atom. The zero-order valence-corrected chi connectivity index (χ0v) is 12.5. The predicted molar refractivity (Wildman–Crippen MR) is 77.6 cm³/mol. The minimum Gasteiger partial charge on any atom is -0.477 e. The van der Waals surface area contributed by atoms with Gasteiger partial charge in [0, 0.05) is 23.9 Å². The van der Waals surface area contributed by atoms with Gasteiger partial charge in [-0.2, -0.15) is 0 Å². The second-order valence-corrected chi connectivity index (χ2v) is 5.62. The Bertz CT molecular complexity index is 506. The van der Waals surface area contributed by atoms with E-state index in [1.807, 2.05) is 13.8 Å². The number of amides is 1. The Morgan fingerprint density at radius 1 is 1.48 bits per heavy atom. The molecule has 2 N–H and O–H groups in total. The number of aliphatic hydroxyl groups is 1. The average molecular weight is 295 g/mol. The van der Waals surface area contributed by atoms with Gasteiger partial charge in [-0.1, -0.05) is 26.0 Å². The largest absolute Gasteiger partial charge is 0.477 e. The summed E-state index contributed by atoms with van der Waals surface area (Å²) in [7, 11) is 0. The first-order valence-electron chi connectivity index (χ1n) is 7.38.